The van der Waals surface area contributed by atoms with E-state index in [0.717, 1.165) is 38.3 Å². The predicted molar refractivity (Wildman–Crippen MR) is 91.0 cm³/mol. The normalized spacial score (nSPS) is 27.3. The van der Waals surface area contributed by atoms with Gasteiger partial charge in [-0.25, -0.2) is 0 Å². The standard InChI is InChI=1S/C18H27N3O3/c1-13-4-5-14(10-19-13)18(22)21-7-6-17(24-3)15-11-20(8-9-23-2)12-16(15)21/h4-5,10,15-17H,6-9,11-12H2,1-3H3/t15-,16+,17-/m1/s1. The van der Waals surface area contributed by atoms with Gasteiger partial charge in [0, 0.05) is 58.2 Å². The minimum absolute atomic E-state index is 0.0839. The number of piperidine rings is 1. The van der Waals surface area contributed by atoms with Gasteiger partial charge in [0.1, 0.15) is 0 Å². The molecule has 0 N–H and O–H groups in total. The van der Waals surface area contributed by atoms with Crippen LogP contribution in [-0.2, 0) is 9.47 Å². The molecule has 2 aliphatic heterocycles. The number of hydrogen-bond acceptors (Lipinski definition) is 5. The van der Waals surface area contributed by atoms with Crippen LogP contribution < -0.4 is 0 Å². The second-order valence-electron chi connectivity index (χ2n) is 6.73. The van der Waals surface area contributed by atoms with Crippen molar-refractivity contribution in [1.82, 2.24) is 14.8 Å². The summed E-state index contributed by atoms with van der Waals surface area (Å²) in [5.74, 6) is 0.448. The SMILES string of the molecule is COCCN1C[C@H]2[C@H](OC)CCN(C(=O)c3ccc(C)nc3)[C@H]2C1. The van der Waals surface area contributed by atoms with Gasteiger partial charge in [-0.3, -0.25) is 14.7 Å². The van der Waals surface area contributed by atoms with Crippen molar-refractivity contribution < 1.29 is 14.3 Å². The maximum atomic E-state index is 13.0. The fourth-order valence-corrected chi connectivity index (χ4v) is 3.94. The lowest BCUT2D eigenvalue weighted by Gasteiger charge is -2.41. The van der Waals surface area contributed by atoms with Gasteiger partial charge in [-0.2, -0.15) is 0 Å². The van der Waals surface area contributed by atoms with Gasteiger partial charge in [0.25, 0.3) is 5.91 Å². The fourth-order valence-electron chi connectivity index (χ4n) is 3.94. The molecule has 0 aliphatic carbocycles. The van der Waals surface area contributed by atoms with E-state index in [1.165, 1.54) is 0 Å². The summed E-state index contributed by atoms with van der Waals surface area (Å²) in [6.07, 6.45) is 2.80. The van der Waals surface area contributed by atoms with Crippen LogP contribution in [0.2, 0.25) is 0 Å². The van der Waals surface area contributed by atoms with Crippen LogP contribution in [0.15, 0.2) is 18.3 Å². The zero-order valence-corrected chi connectivity index (χ0v) is 14.8. The third kappa shape index (κ3) is 3.45. The molecule has 0 aromatic carbocycles. The van der Waals surface area contributed by atoms with Crippen molar-refractivity contribution in [3.63, 3.8) is 0 Å². The van der Waals surface area contributed by atoms with Crippen LogP contribution in [0, 0.1) is 12.8 Å². The number of pyridine rings is 1. The smallest absolute Gasteiger partial charge is 0.255 e. The summed E-state index contributed by atoms with van der Waals surface area (Å²) in [5, 5.41) is 0. The molecule has 6 heteroatoms. The minimum Gasteiger partial charge on any atom is -0.383 e. The highest BCUT2D eigenvalue weighted by atomic mass is 16.5. The molecule has 0 unspecified atom stereocenters. The topological polar surface area (TPSA) is 54.9 Å². The first-order chi connectivity index (χ1) is 11.6. The molecule has 2 fully saturated rings. The Labute approximate surface area is 143 Å². The molecule has 2 saturated heterocycles. The lowest BCUT2D eigenvalue weighted by Crippen LogP contribution is -2.53. The highest BCUT2D eigenvalue weighted by molar-refractivity contribution is 5.94. The summed E-state index contributed by atoms with van der Waals surface area (Å²) < 4.78 is 10.9. The van der Waals surface area contributed by atoms with E-state index in [1.54, 1.807) is 20.4 Å². The molecule has 6 nitrogen and oxygen atoms in total. The third-order valence-corrected chi connectivity index (χ3v) is 5.27. The molecule has 3 heterocycles. The quantitative estimate of drug-likeness (QED) is 0.810. The van der Waals surface area contributed by atoms with Crippen molar-refractivity contribution in [3.05, 3.63) is 29.6 Å². The van der Waals surface area contributed by atoms with E-state index in [9.17, 15) is 4.79 Å². The van der Waals surface area contributed by atoms with Crippen LogP contribution in [-0.4, -0.2) is 79.8 Å². The maximum Gasteiger partial charge on any atom is 0.255 e. The Morgan fingerprint density at radius 1 is 1.33 bits per heavy atom. The van der Waals surface area contributed by atoms with E-state index in [0.29, 0.717) is 18.1 Å². The average Bonchev–Trinajstić information content (AvgIpc) is 3.03. The molecule has 1 aromatic rings. The lowest BCUT2D eigenvalue weighted by atomic mass is 9.88. The lowest BCUT2D eigenvalue weighted by molar-refractivity contribution is -0.0157. The number of nitrogens with zero attached hydrogens (tertiary/aromatic N) is 3. The molecule has 132 valence electrons. The number of carbonyl (C=O) groups excluding carboxylic acids is 1. The van der Waals surface area contributed by atoms with Crippen LogP contribution >= 0.6 is 0 Å². The molecule has 3 atom stereocenters. The second-order valence-corrected chi connectivity index (χ2v) is 6.73. The molecule has 2 aliphatic rings. The number of ether oxygens (including phenoxy) is 2. The predicted octanol–water partition coefficient (Wildman–Crippen LogP) is 1.20. The molecule has 1 aromatic heterocycles. The first-order valence-electron chi connectivity index (χ1n) is 8.61. The number of hydrogen-bond donors (Lipinski definition) is 0. The number of methoxy groups -OCH3 is 2. The Hall–Kier alpha value is -1.50. The first-order valence-corrected chi connectivity index (χ1v) is 8.61. The molecular formula is C18H27N3O3. The van der Waals surface area contributed by atoms with Crippen molar-refractivity contribution in [2.45, 2.75) is 25.5 Å². The van der Waals surface area contributed by atoms with Gasteiger partial charge in [-0.15, -0.1) is 0 Å². The van der Waals surface area contributed by atoms with E-state index < -0.39 is 0 Å². The molecule has 0 radical (unpaired) electrons. The summed E-state index contributed by atoms with van der Waals surface area (Å²) >= 11 is 0. The molecule has 0 bridgehead atoms. The number of aryl methyl sites for hydroxylation is 1. The maximum absolute atomic E-state index is 13.0. The van der Waals surface area contributed by atoms with Crippen LogP contribution in [0.1, 0.15) is 22.5 Å². The van der Waals surface area contributed by atoms with Crippen molar-refractivity contribution in [3.8, 4) is 0 Å². The van der Waals surface area contributed by atoms with Crippen LogP contribution in [0.5, 0.6) is 0 Å². The molecule has 24 heavy (non-hydrogen) atoms. The van der Waals surface area contributed by atoms with Crippen molar-refractivity contribution >= 4 is 5.91 Å². The number of carbonyl (C=O) groups is 1. The van der Waals surface area contributed by atoms with Gasteiger partial charge in [-0.05, 0) is 25.5 Å². The Morgan fingerprint density at radius 2 is 2.17 bits per heavy atom. The highest BCUT2D eigenvalue weighted by Crippen LogP contribution is 2.33. The van der Waals surface area contributed by atoms with Crippen molar-refractivity contribution in [2.75, 3.05) is 47.0 Å². The van der Waals surface area contributed by atoms with Crippen LogP contribution in [0.25, 0.3) is 0 Å². The van der Waals surface area contributed by atoms with Gasteiger partial charge in [-0.1, -0.05) is 0 Å². The summed E-state index contributed by atoms with van der Waals surface area (Å²) in [4.78, 5) is 21.6. The zero-order valence-electron chi connectivity index (χ0n) is 14.8. The third-order valence-electron chi connectivity index (χ3n) is 5.27. The number of fused-ring (bicyclic) bond motifs is 1. The van der Waals surface area contributed by atoms with Crippen LogP contribution in [0.3, 0.4) is 0 Å². The Balaban J connectivity index is 1.76. The summed E-state index contributed by atoms with van der Waals surface area (Å²) in [6, 6.07) is 3.97. The van der Waals surface area contributed by atoms with E-state index >= 15 is 0 Å². The number of rotatable bonds is 5. The van der Waals surface area contributed by atoms with Gasteiger partial charge in [0.05, 0.1) is 24.3 Å². The monoisotopic (exact) mass is 333 g/mol. The Bertz CT molecular complexity index is 563. The van der Waals surface area contributed by atoms with Crippen molar-refractivity contribution in [1.29, 1.82) is 0 Å². The summed E-state index contributed by atoms with van der Waals surface area (Å²) in [7, 11) is 3.50. The summed E-state index contributed by atoms with van der Waals surface area (Å²) in [5.41, 5.74) is 1.60. The Morgan fingerprint density at radius 3 is 2.83 bits per heavy atom. The molecular weight excluding hydrogens is 306 g/mol. The van der Waals surface area contributed by atoms with Gasteiger partial charge in [0.15, 0.2) is 0 Å². The molecule has 0 spiro atoms. The number of likely N-dealkylation sites (tertiary alicyclic amines) is 2. The van der Waals surface area contributed by atoms with Gasteiger partial charge >= 0.3 is 0 Å². The van der Waals surface area contributed by atoms with Gasteiger partial charge in [0.2, 0.25) is 0 Å². The first kappa shape index (κ1) is 17.3. The fraction of sp³-hybridized carbons (Fsp3) is 0.667. The zero-order chi connectivity index (χ0) is 17.1. The number of amides is 1. The second kappa shape index (κ2) is 7.59. The van der Waals surface area contributed by atoms with Crippen LogP contribution in [0.4, 0.5) is 0 Å². The van der Waals surface area contributed by atoms with E-state index in [4.69, 9.17) is 9.47 Å². The highest BCUT2D eigenvalue weighted by Gasteiger charge is 2.45. The van der Waals surface area contributed by atoms with Gasteiger partial charge < -0.3 is 14.4 Å². The summed E-state index contributed by atoms with van der Waals surface area (Å²) in [6.45, 7) is 6.13. The average molecular weight is 333 g/mol. The molecule has 0 saturated carbocycles. The van der Waals surface area contributed by atoms with E-state index in [1.807, 2.05) is 24.0 Å². The molecule has 1 amide bonds. The van der Waals surface area contributed by atoms with Crippen molar-refractivity contribution in [2.24, 2.45) is 5.92 Å². The Kier molecular flexibility index (Phi) is 5.48. The van der Waals surface area contributed by atoms with E-state index in [-0.39, 0.29) is 18.1 Å². The minimum atomic E-state index is 0.0839. The molecule has 3 rings (SSSR count). The number of aromatic nitrogens is 1. The van der Waals surface area contributed by atoms with E-state index in [2.05, 4.69) is 9.88 Å². The largest absolute Gasteiger partial charge is 0.383 e.